The SMILES string of the molecule is CCOC(=O)C1=C(NCc2ccc(C(F)(F)F)cc2)CN(C)C(=O)C1. The Bertz CT molecular complexity index is 681. The normalized spacial score (nSPS) is 15.4. The summed E-state index contributed by atoms with van der Waals surface area (Å²) in [7, 11) is 1.62. The Labute approximate surface area is 143 Å². The highest BCUT2D eigenvalue weighted by Gasteiger charge is 2.30. The van der Waals surface area contributed by atoms with E-state index >= 15 is 0 Å². The molecule has 1 amide bonds. The zero-order valence-electron chi connectivity index (χ0n) is 13.9. The number of carbonyl (C=O) groups excluding carboxylic acids is 2. The van der Waals surface area contributed by atoms with Gasteiger partial charge in [0.05, 0.1) is 30.7 Å². The van der Waals surface area contributed by atoms with E-state index in [9.17, 15) is 22.8 Å². The van der Waals surface area contributed by atoms with Crippen molar-refractivity contribution >= 4 is 11.9 Å². The number of hydrogen-bond donors (Lipinski definition) is 1. The van der Waals surface area contributed by atoms with Crippen molar-refractivity contribution in [1.82, 2.24) is 10.2 Å². The Morgan fingerprint density at radius 1 is 1.28 bits per heavy atom. The smallest absolute Gasteiger partial charge is 0.416 e. The molecule has 0 saturated carbocycles. The summed E-state index contributed by atoms with van der Waals surface area (Å²) in [6, 6.07) is 4.76. The number of amides is 1. The molecule has 0 bridgehead atoms. The molecule has 0 aliphatic carbocycles. The van der Waals surface area contributed by atoms with Crippen molar-refractivity contribution in [2.24, 2.45) is 0 Å². The first-order chi connectivity index (χ1) is 11.7. The van der Waals surface area contributed by atoms with Crippen LogP contribution < -0.4 is 5.32 Å². The van der Waals surface area contributed by atoms with Crippen LogP contribution in [0.25, 0.3) is 0 Å². The summed E-state index contributed by atoms with van der Waals surface area (Å²) in [5, 5.41) is 3.04. The topological polar surface area (TPSA) is 58.6 Å². The molecule has 8 heteroatoms. The number of carbonyl (C=O) groups is 2. The largest absolute Gasteiger partial charge is 0.463 e. The molecule has 25 heavy (non-hydrogen) atoms. The van der Waals surface area contributed by atoms with E-state index in [1.165, 1.54) is 17.0 Å². The summed E-state index contributed by atoms with van der Waals surface area (Å²) in [6.07, 6.45) is -4.44. The quantitative estimate of drug-likeness (QED) is 0.824. The molecule has 0 radical (unpaired) electrons. The number of esters is 1. The van der Waals surface area contributed by atoms with Gasteiger partial charge in [0.25, 0.3) is 0 Å². The van der Waals surface area contributed by atoms with Crippen LogP contribution in [0.3, 0.4) is 0 Å². The van der Waals surface area contributed by atoms with Crippen molar-refractivity contribution in [3.05, 3.63) is 46.7 Å². The lowest BCUT2D eigenvalue weighted by atomic mass is 10.0. The number of hydrogen-bond acceptors (Lipinski definition) is 4. The molecular weight excluding hydrogens is 337 g/mol. The first-order valence-corrected chi connectivity index (χ1v) is 7.75. The van der Waals surface area contributed by atoms with E-state index in [4.69, 9.17) is 4.74 Å². The Hall–Kier alpha value is -2.51. The van der Waals surface area contributed by atoms with Crippen LogP contribution in [-0.4, -0.2) is 37.0 Å². The van der Waals surface area contributed by atoms with Gasteiger partial charge in [-0.2, -0.15) is 13.2 Å². The molecule has 1 aliphatic rings. The fraction of sp³-hybridized carbons (Fsp3) is 0.412. The van der Waals surface area contributed by atoms with Crippen LogP contribution in [0.2, 0.25) is 0 Å². The molecule has 1 aliphatic heterocycles. The van der Waals surface area contributed by atoms with Crippen molar-refractivity contribution in [3.8, 4) is 0 Å². The molecule has 0 aromatic heterocycles. The Morgan fingerprint density at radius 3 is 2.48 bits per heavy atom. The van der Waals surface area contributed by atoms with Crippen LogP contribution in [0.15, 0.2) is 35.5 Å². The monoisotopic (exact) mass is 356 g/mol. The van der Waals surface area contributed by atoms with Gasteiger partial charge in [-0.15, -0.1) is 0 Å². The lowest BCUT2D eigenvalue weighted by molar-refractivity contribution is -0.141. The third-order valence-corrected chi connectivity index (χ3v) is 3.82. The van der Waals surface area contributed by atoms with Gasteiger partial charge >= 0.3 is 12.1 Å². The zero-order valence-corrected chi connectivity index (χ0v) is 13.9. The average molecular weight is 356 g/mol. The van der Waals surface area contributed by atoms with E-state index in [-0.39, 0.29) is 37.6 Å². The standard InChI is InChI=1S/C17H19F3N2O3/c1-3-25-16(24)13-8-15(23)22(2)10-14(13)21-9-11-4-6-12(7-5-11)17(18,19)20/h4-7,21H,3,8-10H2,1-2H3. The van der Waals surface area contributed by atoms with E-state index in [0.29, 0.717) is 11.3 Å². The van der Waals surface area contributed by atoms with Gasteiger partial charge in [0.1, 0.15) is 0 Å². The fourth-order valence-corrected chi connectivity index (χ4v) is 2.41. The highest BCUT2D eigenvalue weighted by Crippen LogP contribution is 2.29. The van der Waals surface area contributed by atoms with Gasteiger partial charge in [0, 0.05) is 19.3 Å². The number of nitrogens with zero attached hydrogens (tertiary/aromatic N) is 1. The minimum atomic E-state index is -4.38. The Balaban J connectivity index is 2.13. The molecule has 1 aromatic carbocycles. The van der Waals surface area contributed by atoms with E-state index in [0.717, 1.165) is 12.1 Å². The van der Waals surface area contributed by atoms with E-state index in [1.807, 2.05) is 0 Å². The molecule has 1 aromatic rings. The minimum Gasteiger partial charge on any atom is -0.463 e. The minimum absolute atomic E-state index is 0.0648. The molecule has 2 rings (SSSR count). The molecule has 0 spiro atoms. The molecule has 0 fully saturated rings. The van der Waals surface area contributed by atoms with Crippen LogP contribution in [0.5, 0.6) is 0 Å². The summed E-state index contributed by atoms with van der Waals surface area (Å²) in [5.41, 5.74) is 0.714. The van der Waals surface area contributed by atoms with Crippen LogP contribution in [0.1, 0.15) is 24.5 Å². The van der Waals surface area contributed by atoms with Gasteiger partial charge in [-0.25, -0.2) is 4.79 Å². The second kappa shape index (κ2) is 7.58. The maximum atomic E-state index is 12.6. The molecule has 0 unspecified atom stereocenters. The molecule has 0 saturated heterocycles. The van der Waals surface area contributed by atoms with Crippen LogP contribution in [0.4, 0.5) is 13.2 Å². The molecular formula is C17H19F3N2O3. The first kappa shape index (κ1) is 18.8. The molecule has 1 N–H and O–H groups in total. The van der Waals surface area contributed by atoms with Gasteiger partial charge in [-0.1, -0.05) is 12.1 Å². The summed E-state index contributed by atoms with van der Waals surface area (Å²) in [4.78, 5) is 25.3. The average Bonchev–Trinajstić information content (AvgIpc) is 2.55. The second-order valence-corrected chi connectivity index (χ2v) is 5.65. The van der Waals surface area contributed by atoms with Crippen LogP contribution in [0, 0.1) is 0 Å². The van der Waals surface area contributed by atoms with Gasteiger partial charge in [0.15, 0.2) is 0 Å². The predicted octanol–water partition coefficient (Wildman–Crippen LogP) is 2.47. The maximum absolute atomic E-state index is 12.6. The van der Waals surface area contributed by atoms with Crippen molar-refractivity contribution in [3.63, 3.8) is 0 Å². The highest BCUT2D eigenvalue weighted by atomic mass is 19.4. The number of rotatable bonds is 5. The van der Waals surface area contributed by atoms with Crippen molar-refractivity contribution in [2.75, 3.05) is 20.2 Å². The Kier molecular flexibility index (Phi) is 5.71. The van der Waals surface area contributed by atoms with Crippen molar-refractivity contribution < 1.29 is 27.5 Å². The van der Waals surface area contributed by atoms with Gasteiger partial charge in [-0.05, 0) is 24.6 Å². The Morgan fingerprint density at radius 2 is 1.92 bits per heavy atom. The lowest BCUT2D eigenvalue weighted by Gasteiger charge is -2.27. The van der Waals surface area contributed by atoms with Gasteiger partial charge < -0.3 is 15.0 Å². The van der Waals surface area contributed by atoms with Crippen molar-refractivity contribution in [2.45, 2.75) is 26.1 Å². The number of alkyl halides is 3. The summed E-state index contributed by atoms with van der Waals surface area (Å²) < 4.78 is 42.7. The zero-order chi connectivity index (χ0) is 18.6. The molecule has 136 valence electrons. The molecule has 1 heterocycles. The third kappa shape index (κ3) is 4.74. The van der Waals surface area contributed by atoms with E-state index < -0.39 is 17.7 Å². The van der Waals surface area contributed by atoms with Crippen LogP contribution in [-0.2, 0) is 27.0 Å². The number of ether oxygens (including phenoxy) is 1. The molecule has 5 nitrogen and oxygen atoms in total. The summed E-state index contributed by atoms with van der Waals surface area (Å²) in [5.74, 6) is -0.748. The number of likely N-dealkylation sites (N-methyl/N-ethyl adjacent to an activating group) is 1. The fourth-order valence-electron chi connectivity index (χ4n) is 2.41. The predicted molar refractivity (Wildman–Crippen MR) is 84.2 cm³/mol. The van der Waals surface area contributed by atoms with Gasteiger partial charge in [0.2, 0.25) is 5.91 Å². The van der Waals surface area contributed by atoms with Crippen molar-refractivity contribution in [1.29, 1.82) is 0 Å². The highest BCUT2D eigenvalue weighted by molar-refractivity contribution is 5.97. The first-order valence-electron chi connectivity index (χ1n) is 7.75. The summed E-state index contributed by atoms with van der Waals surface area (Å²) >= 11 is 0. The number of nitrogens with one attached hydrogen (secondary N) is 1. The van der Waals surface area contributed by atoms with Crippen LogP contribution >= 0.6 is 0 Å². The second-order valence-electron chi connectivity index (χ2n) is 5.65. The lowest BCUT2D eigenvalue weighted by Crippen LogP contribution is -2.39. The number of benzene rings is 1. The number of halogens is 3. The third-order valence-electron chi connectivity index (χ3n) is 3.82. The van der Waals surface area contributed by atoms with E-state index in [2.05, 4.69) is 5.32 Å². The summed E-state index contributed by atoms with van der Waals surface area (Å²) in [6.45, 7) is 2.31. The molecule has 0 atom stereocenters. The van der Waals surface area contributed by atoms with E-state index in [1.54, 1.807) is 14.0 Å². The van der Waals surface area contributed by atoms with Gasteiger partial charge in [-0.3, -0.25) is 4.79 Å². The maximum Gasteiger partial charge on any atom is 0.416 e.